The maximum absolute atomic E-state index is 13.2. The highest BCUT2D eigenvalue weighted by Crippen LogP contribution is 2.48. The third kappa shape index (κ3) is 3.88. The highest BCUT2D eigenvalue weighted by atomic mass is 16.5. The van der Waals surface area contributed by atoms with E-state index in [-0.39, 0.29) is 23.8 Å². The summed E-state index contributed by atoms with van der Waals surface area (Å²) in [6.45, 7) is 5.09. The van der Waals surface area contributed by atoms with E-state index >= 15 is 0 Å². The molecule has 4 rings (SSSR count). The molecule has 1 unspecified atom stereocenters. The molecule has 0 aromatic heterocycles. The average Bonchev–Trinajstić information content (AvgIpc) is 3.54. The minimum absolute atomic E-state index is 0.0359. The summed E-state index contributed by atoms with van der Waals surface area (Å²) in [7, 11) is 0. The number of benzene rings is 1. The van der Waals surface area contributed by atoms with E-state index in [9.17, 15) is 9.59 Å². The van der Waals surface area contributed by atoms with Gasteiger partial charge in [-0.2, -0.15) is 0 Å². The third-order valence-electron chi connectivity index (χ3n) is 6.52. The summed E-state index contributed by atoms with van der Waals surface area (Å²) < 4.78 is 5.29. The van der Waals surface area contributed by atoms with Crippen LogP contribution in [0.1, 0.15) is 50.5 Å². The van der Waals surface area contributed by atoms with Crippen LogP contribution >= 0.6 is 0 Å². The molecule has 0 bridgehead atoms. The number of ether oxygens (including phenoxy) is 1. The maximum atomic E-state index is 13.2. The Morgan fingerprint density at radius 3 is 2.52 bits per heavy atom. The Hall–Kier alpha value is -1.88. The molecule has 1 atom stereocenters. The lowest BCUT2D eigenvalue weighted by Crippen LogP contribution is -2.55. The Kier molecular flexibility index (Phi) is 5.22. The fourth-order valence-corrected chi connectivity index (χ4v) is 4.74. The van der Waals surface area contributed by atoms with Gasteiger partial charge in [-0.3, -0.25) is 9.59 Å². The second kappa shape index (κ2) is 7.63. The SMILES string of the molecule is CCOCC(=O)N1CCC2(CC1)CC(c1ccccc1)C(=O)N(C1CC1)C2. The second-order valence-corrected chi connectivity index (χ2v) is 8.38. The smallest absolute Gasteiger partial charge is 0.248 e. The Morgan fingerprint density at radius 1 is 1.19 bits per heavy atom. The molecule has 0 radical (unpaired) electrons. The molecule has 3 fully saturated rings. The molecule has 3 aliphatic rings. The molecular weight excluding hydrogens is 340 g/mol. The molecule has 2 saturated heterocycles. The van der Waals surface area contributed by atoms with Crippen LogP contribution in [0.2, 0.25) is 0 Å². The summed E-state index contributed by atoms with van der Waals surface area (Å²) >= 11 is 0. The topological polar surface area (TPSA) is 49.9 Å². The van der Waals surface area contributed by atoms with Gasteiger partial charge in [0, 0.05) is 32.3 Å². The average molecular weight is 370 g/mol. The predicted molar refractivity (Wildman–Crippen MR) is 103 cm³/mol. The van der Waals surface area contributed by atoms with Crippen molar-refractivity contribution in [1.82, 2.24) is 9.80 Å². The van der Waals surface area contributed by atoms with E-state index in [1.807, 2.05) is 30.0 Å². The van der Waals surface area contributed by atoms with Gasteiger partial charge in [-0.05, 0) is 50.0 Å². The zero-order valence-corrected chi connectivity index (χ0v) is 16.2. The molecular formula is C22H30N2O3. The van der Waals surface area contributed by atoms with Crippen molar-refractivity contribution in [3.05, 3.63) is 35.9 Å². The van der Waals surface area contributed by atoms with Crippen LogP contribution in [0, 0.1) is 5.41 Å². The molecule has 1 aromatic carbocycles. The summed E-state index contributed by atoms with van der Waals surface area (Å²) in [4.78, 5) is 29.6. The summed E-state index contributed by atoms with van der Waals surface area (Å²) in [5.74, 6) is 0.368. The Bertz CT molecular complexity index is 678. The number of hydrogen-bond donors (Lipinski definition) is 0. The van der Waals surface area contributed by atoms with Crippen LogP contribution in [0.25, 0.3) is 0 Å². The Labute approximate surface area is 161 Å². The van der Waals surface area contributed by atoms with Crippen molar-refractivity contribution in [2.45, 2.75) is 51.0 Å². The van der Waals surface area contributed by atoms with Gasteiger partial charge in [0.05, 0.1) is 5.92 Å². The lowest BCUT2D eigenvalue weighted by Gasteiger charge is -2.50. The van der Waals surface area contributed by atoms with Gasteiger partial charge >= 0.3 is 0 Å². The molecule has 1 aliphatic carbocycles. The van der Waals surface area contributed by atoms with Crippen molar-refractivity contribution in [3.8, 4) is 0 Å². The number of nitrogens with zero attached hydrogens (tertiary/aromatic N) is 2. The van der Waals surface area contributed by atoms with Crippen LogP contribution in [-0.4, -0.2) is 60.5 Å². The van der Waals surface area contributed by atoms with Gasteiger partial charge in [0.15, 0.2) is 0 Å². The van der Waals surface area contributed by atoms with Crippen LogP contribution in [0.3, 0.4) is 0 Å². The van der Waals surface area contributed by atoms with Gasteiger partial charge in [0.1, 0.15) is 6.61 Å². The quantitative estimate of drug-likeness (QED) is 0.801. The lowest BCUT2D eigenvalue weighted by molar-refractivity contribution is -0.146. The third-order valence-corrected chi connectivity index (χ3v) is 6.52. The van der Waals surface area contributed by atoms with Gasteiger partial charge in [0.2, 0.25) is 11.8 Å². The van der Waals surface area contributed by atoms with Crippen LogP contribution in [-0.2, 0) is 14.3 Å². The van der Waals surface area contributed by atoms with Crippen LogP contribution in [0.5, 0.6) is 0 Å². The van der Waals surface area contributed by atoms with Gasteiger partial charge < -0.3 is 14.5 Å². The minimum atomic E-state index is -0.0359. The highest BCUT2D eigenvalue weighted by molar-refractivity contribution is 5.85. The van der Waals surface area contributed by atoms with Crippen molar-refractivity contribution in [1.29, 1.82) is 0 Å². The molecule has 27 heavy (non-hydrogen) atoms. The van der Waals surface area contributed by atoms with Gasteiger partial charge in [-0.25, -0.2) is 0 Å². The zero-order valence-electron chi connectivity index (χ0n) is 16.2. The molecule has 5 nitrogen and oxygen atoms in total. The zero-order chi connectivity index (χ0) is 18.9. The number of carbonyl (C=O) groups is 2. The number of hydrogen-bond acceptors (Lipinski definition) is 3. The maximum Gasteiger partial charge on any atom is 0.248 e. The number of rotatable bonds is 5. The molecule has 1 aromatic rings. The van der Waals surface area contributed by atoms with Crippen molar-refractivity contribution < 1.29 is 14.3 Å². The van der Waals surface area contributed by atoms with E-state index in [0.717, 1.165) is 57.3 Å². The molecule has 2 amide bonds. The number of amides is 2. The van der Waals surface area contributed by atoms with Crippen molar-refractivity contribution in [3.63, 3.8) is 0 Å². The molecule has 1 saturated carbocycles. The van der Waals surface area contributed by atoms with Crippen LogP contribution < -0.4 is 0 Å². The molecule has 5 heteroatoms. The van der Waals surface area contributed by atoms with E-state index in [2.05, 4.69) is 17.0 Å². The fraction of sp³-hybridized carbons (Fsp3) is 0.636. The summed E-state index contributed by atoms with van der Waals surface area (Å²) in [5, 5.41) is 0. The van der Waals surface area contributed by atoms with E-state index < -0.39 is 0 Å². The fourth-order valence-electron chi connectivity index (χ4n) is 4.74. The minimum Gasteiger partial charge on any atom is -0.372 e. The summed E-state index contributed by atoms with van der Waals surface area (Å²) in [6.07, 6.45) is 5.15. The van der Waals surface area contributed by atoms with Crippen molar-refractivity contribution in [2.75, 3.05) is 32.8 Å². The van der Waals surface area contributed by atoms with Gasteiger partial charge in [-0.15, -0.1) is 0 Å². The monoisotopic (exact) mass is 370 g/mol. The van der Waals surface area contributed by atoms with E-state index in [1.165, 1.54) is 0 Å². The first kappa shape index (κ1) is 18.5. The first-order valence-corrected chi connectivity index (χ1v) is 10.3. The first-order valence-electron chi connectivity index (χ1n) is 10.3. The van der Waals surface area contributed by atoms with E-state index in [0.29, 0.717) is 18.6 Å². The molecule has 2 heterocycles. The number of likely N-dealkylation sites (tertiary alicyclic amines) is 2. The van der Waals surface area contributed by atoms with Gasteiger partial charge in [-0.1, -0.05) is 30.3 Å². The molecule has 0 N–H and O–H groups in total. The molecule has 2 aliphatic heterocycles. The highest BCUT2D eigenvalue weighted by Gasteiger charge is 2.49. The van der Waals surface area contributed by atoms with E-state index in [1.54, 1.807) is 0 Å². The standard InChI is InChI=1S/C22H30N2O3/c1-2-27-15-20(25)23-12-10-22(11-13-23)14-19(17-6-4-3-5-7-17)21(26)24(16-22)18-8-9-18/h3-7,18-19H,2,8-16H2,1H3. The second-order valence-electron chi connectivity index (χ2n) is 8.38. The molecule has 146 valence electrons. The Balaban J connectivity index is 1.49. The summed E-state index contributed by atoms with van der Waals surface area (Å²) in [5.41, 5.74) is 1.28. The normalized spacial score (nSPS) is 25.1. The molecule has 1 spiro atoms. The largest absolute Gasteiger partial charge is 0.372 e. The van der Waals surface area contributed by atoms with Crippen molar-refractivity contribution in [2.24, 2.45) is 5.41 Å². The summed E-state index contributed by atoms with van der Waals surface area (Å²) in [6, 6.07) is 10.7. The first-order chi connectivity index (χ1) is 13.1. The number of carbonyl (C=O) groups excluding carboxylic acids is 2. The van der Waals surface area contributed by atoms with Crippen molar-refractivity contribution >= 4 is 11.8 Å². The van der Waals surface area contributed by atoms with Crippen LogP contribution in [0.15, 0.2) is 30.3 Å². The lowest BCUT2D eigenvalue weighted by atomic mass is 9.67. The number of piperidine rings is 2. The Morgan fingerprint density at radius 2 is 1.89 bits per heavy atom. The predicted octanol–water partition coefficient (Wildman–Crippen LogP) is 2.81. The van der Waals surface area contributed by atoms with Gasteiger partial charge in [0.25, 0.3) is 0 Å². The van der Waals surface area contributed by atoms with E-state index in [4.69, 9.17) is 4.74 Å². The van der Waals surface area contributed by atoms with Crippen LogP contribution in [0.4, 0.5) is 0 Å².